The summed E-state index contributed by atoms with van der Waals surface area (Å²) >= 11 is 1.91. The van der Waals surface area contributed by atoms with Crippen molar-refractivity contribution in [2.45, 2.75) is 58.5 Å². The molecule has 19 heavy (non-hydrogen) atoms. The van der Waals surface area contributed by atoms with E-state index < -0.39 is 0 Å². The van der Waals surface area contributed by atoms with Crippen LogP contribution in [0.15, 0.2) is 12.1 Å². The van der Waals surface area contributed by atoms with Crippen molar-refractivity contribution < 1.29 is 0 Å². The second-order valence-corrected chi connectivity index (χ2v) is 7.18. The van der Waals surface area contributed by atoms with E-state index in [1.54, 1.807) is 0 Å². The van der Waals surface area contributed by atoms with Crippen molar-refractivity contribution in [3.8, 4) is 0 Å². The highest BCUT2D eigenvalue weighted by Crippen LogP contribution is 2.22. The molecule has 2 unspecified atom stereocenters. The summed E-state index contributed by atoms with van der Waals surface area (Å²) < 4.78 is 0. The van der Waals surface area contributed by atoms with Crippen LogP contribution in [0.2, 0.25) is 0 Å². The number of nitrogens with zero attached hydrogens (tertiary/aromatic N) is 1. The number of thiophene rings is 1. The Bertz CT molecular complexity index is 375. The summed E-state index contributed by atoms with van der Waals surface area (Å²) in [6, 6.07) is 5.77. The summed E-state index contributed by atoms with van der Waals surface area (Å²) in [5, 5.41) is 3.65. The minimum atomic E-state index is 0.498. The summed E-state index contributed by atoms with van der Waals surface area (Å²) in [5.41, 5.74) is 0. The van der Waals surface area contributed by atoms with Crippen molar-refractivity contribution in [3.63, 3.8) is 0 Å². The molecule has 1 aromatic rings. The zero-order valence-electron chi connectivity index (χ0n) is 12.6. The van der Waals surface area contributed by atoms with E-state index in [0.717, 1.165) is 12.6 Å². The summed E-state index contributed by atoms with van der Waals surface area (Å²) in [6.45, 7) is 10.5. The lowest BCUT2D eigenvalue weighted by Crippen LogP contribution is -2.39. The smallest absolute Gasteiger partial charge is 0.0386 e. The van der Waals surface area contributed by atoms with Gasteiger partial charge in [0, 0.05) is 21.8 Å². The molecule has 0 saturated carbocycles. The third kappa shape index (κ3) is 4.59. The Hall–Kier alpha value is -0.380. The zero-order valence-corrected chi connectivity index (χ0v) is 13.4. The van der Waals surface area contributed by atoms with Crippen LogP contribution in [0.4, 0.5) is 0 Å². The molecule has 0 aliphatic carbocycles. The van der Waals surface area contributed by atoms with Gasteiger partial charge < -0.3 is 10.2 Å². The summed E-state index contributed by atoms with van der Waals surface area (Å²) in [7, 11) is 0. The molecule has 2 heterocycles. The maximum atomic E-state index is 3.65. The van der Waals surface area contributed by atoms with Crippen LogP contribution in [0, 0.1) is 6.92 Å². The molecule has 2 rings (SSSR count). The first-order chi connectivity index (χ1) is 9.16. The van der Waals surface area contributed by atoms with Gasteiger partial charge in [0.25, 0.3) is 0 Å². The molecule has 0 amide bonds. The Balaban J connectivity index is 1.63. The van der Waals surface area contributed by atoms with Crippen molar-refractivity contribution in [2.75, 3.05) is 19.6 Å². The summed E-state index contributed by atoms with van der Waals surface area (Å²) in [4.78, 5) is 5.53. The first kappa shape index (κ1) is 15.0. The van der Waals surface area contributed by atoms with Gasteiger partial charge in [-0.15, -0.1) is 11.3 Å². The van der Waals surface area contributed by atoms with Crippen LogP contribution in [0.25, 0.3) is 0 Å². The molecule has 1 saturated heterocycles. The minimum absolute atomic E-state index is 0.498. The van der Waals surface area contributed by atoms with Crippen molar-refractivity contribution in [1.82, 2.24) is 10.2 Å². The molecule has 108 valence electrons. The topological polar surface area (TPSA) is 15.3 Å². The van der Waals surface area contributed by atoms with Crippen LogP contribution in [0.3, 0.4) is 0 Å². The van der Waals surface area contributed by atoms with Gasteiger partial charge in [-0.05, 0) is 71.8 Å². The minimum Gasteiger partial charge on any atom is -0.309 e. The van der Waals surface area contributed by atoms with Gasteiger partial charge in [0.2, 0.25) is 0 Å². The fraction of sp³-hybridized carbons (Fsp3) is 0.750. The predicted molar refractivity (Wildman–Crippen MR) is 85.0 cm³/mol. The Morgan fingerprint density at radius 2 is 2.26 bits per heavy atom. The third-order valence-corrected chi connectivity index (χ3v) is 5.38. The monoisotopic (exact) mass is 280 g/mol. The number of hydrogen-bond acceptors (Lipinski definition) is 3. The van der Waals surface area contributed by atoms with Gasteiger partial charge in [0.15, 0.2) is 0 Å². The van der Waals surface area contributed by atoms with Crippen molar-refractivity contribution in [1.29, 1.82) is 0 Å². The maximum Gasteiger partial charge on any atom is 0.0386 e. The van der Waals surface area contributed by atoms with Crippen LogP contribution in [-0.2, 0) is 0 Å². The fourth-order valence-electron chi connectivity index (χ4n) is 2.88. The molecular formula is C16H28N2S. The van der Waals surface area contributed by atoms with E-state index in [-0.39, 0.29) is 0 Å². The van der Waals surface area contributed by atoms with Crippen molar-refractivity contribution in [2.24, 2.45) is 0 Å². The third-order valence-electron chi connectivity index (χ3n) is 4.20. The molecule has 0 radical (unpaired) electrons. The Morgan fingerprint density at radius 3 is 2.95 bits per heavy atom. The number of nitrogens with one attached hydrogen (secondary N) is 1. The van der Waals surface area contributed by atoms with Gasteiger partial charge in [-0.2, -0.15) is 0 Å². The predicted octanol–water partition coefficient (Wildman–Crippen LogP) is 3.97. The molecule has 1 aliphatic rings. The molecule has 2 nitrogen and oxygen atoms in total. The number of hydrogen-bond donors (Lipinski definition) is 1. The normalized spacial score (nSPS) is 22.6. The second kappa shape index (κ2) is 7.41. The lowest BCUT2D eigenvalue weighted by Gasteiger charge is -2.33. The molecule has 3 heteroatoms. The highest BCUT2D eigenvalue weighted by Gasteiger charge is 2.17. The van der Waals surface area contributed by atoms with Gasteiger partial charge >= 0.3 is 0 Å². The summed E-state index contributed by atoms with van der Waals surface area (Å²) in [5.74, 6) is 0. The highest BCUT2D eigenvalue weighted by atomic mass is 32.1. The molecule has 2 atom stereocenters. The van der Waals surface area contributed by atoms with Crippen molar-refractivity contribution >= 4 is 11.3 Å². The molecule has 0 aromatic carbocycles. The summed E-state index contributed by atoms with van der Waals surface area (Å²) in [6.07, 6.45) is 5.46. The maximum absolute atomic E-state index is 3.65. The zero-order chi connectivity index (χ0) is 13.7. The molecule has 1 fully saturated rings. The van der Waals surface area contributed by atoms with E-state index in [2.05, 4.69) is 43.1 Å². The van der Waals surface area contributed by atoms with E-state index in [1.165, 1.54) is 48.5 Å². The average Bonchev–Trinajstić information content (AvgIpc) is 2.83. The quantitative estimate of drug-likeness (QED) is 0.793. The van der Waals surface area contributed by atoms with Gasteiger partial charge in [-0.25, -0.2) is 0 Å². The standard InChI is InChI=1S/C16H28N2S/c1-13-7-4-5-11-18(13)12-6-10-17-15(3)16-9-8-14(2)19-16/h8-9,13,15,17H,4-7,10-12H2,1-3H3. The van der Waals surface area contributed by atoms with E-state index in [0.29, 0.717) is 6.04 Å². The first-order valence-electron chi connectivity index (χ1n) is 7.70. The highest BCUT2D eigenvalue weighted by molar-refractivity contribution is 7.12. The Morgan fingerprint density at radius 1 is 1.42 bits per heavy atom. The molecule has 1 aromatic heterocycles. The SMILES string of the molecule is Cc1ccc(C(C)NCCCN2CCCCC2C)s1. The number of likely N-dealkylation sites (tertiary alicyclic amines) is 1. The molecule has 1 N–H and O–H groups in total. The number of rotatable bonds is 6. The lowest BCUT2D eigenvalue weighted by atomic mass is 10.0. The van der Waals surface area contributed by atoms with E-state index in [4.69, 9.17) is 0 Å². The van der Waals surface area contributed by atoms with Crippen LogP contribution in [0.5, 0.6) is 0 Å². The second-order valence-electron chi connectivity index (χ2n) is 5.86. The van der Waals surface area contributed by atoms with Crippen LogP contribution >= 0.6 is 11.3 Å². The molecular weight excluding hydrogens is 252 g/mol. The lowest BCUT2D eigenvalue weighted by molar-refractivity contribution is 0.158. The Kier molecular flexibility index (Phi) is 5.86. The van der Waals surface area contributed by atoms with E-state index >= 15 is 0 Å². The van der Waals surface area contributed by atoms with Crippen LogP contribution < -0.4 is 5.32 Å². The molecule has 0 bridgehead atoms. The van der Waals surface area contributed by atoms with Gasteiger partial charge in [-0.1, -0.05) is 6.42 Å². The number of aryl methyl sites for hydroxylation is 1. The Labute approximate surface area is 122 Å². The van der Waals surface area contributed by atoms with Gasteiger partial charge in [0.1, 0.15) is 0 Å². The first-order valence-corrected chi connectivity index (χ1v) is 8.52. The van der Waals surface area contributed by atoms with Crippen LogP contribution in [-0.4, -0.2) is 30.6 Å². The van der Waals surface area contributed by atoms with E-state index in [1.807, 2.05) is 11.3 Å². The van der Waals surface area contributed by atoms with Gasteiger partial charge in [-0.3, -0.25) is 0 Å². The van der Waals surface area contributed by atoms with Crippen molar-refractivity contribution in [3.05, 3.63) is 21.9 Å². The van der Waals surface area contributed by atoms with E-state index in [9.17, 15) is 0 Å². The number of piperidine rings is 1. The molecule has 0 spiro atoms. The largest absolute Gasteiger partial charge is 0.309 e. The molecule has 1 aliphatic heterocycles. The fourth-order valence-corrected chi connectivity index (χ4v) is 3.78. The average molecular weight is 280 g/mol. The van der Waals surface area contributed by atoms with Crippen LogP contribution in [0.1, 0.15) is 55.3 Å². The van der Waals surface area contributed by atoms with Gasteiger partial charge in [0.05, 0.1) is 0 Å².